The number of sulfonamides is 1. The summed E-state index contributed by atoms with van der Waals surface area (Å²) in [5, 5.41) is 12.4. The molecule has 2 rings (SSSR count). The summed E-state index contributed by atoms with van der Waals surface area (Å²) in [4.78, 5) is 14.5. The fourth-order valence-electron chi connectivity index (χ4n) is 1.52. The maximum atomic E-state index is 12.0. The Morgan fingerprint density at radius 2 is 2.19 bits per heavy atom. The highest BCUT2D eigenvalue weighted by Crippen LogP contribution is 2.20. The smallest absolute Gasteiger partial charge is 0.337 e. The van der Waals surface area contributed by atoms with Gasteiger partial charge in [0, 0.05) is 13.0 Å². The molecule has 0 radical (unpaired) electrons. The number of rotatable bonds is 6. The molecular formula is C11H10ClN3O5S. The lowest BCUT2D eigenvalue weighted by Crippen LogP contribution is -2.26. The van der Waals surface area contributed by atoms with Gasteiger partial charge in [0.15, 0.2) is 5.82 Å². The van der Waals surface area contributed by atoms with Gasteiger partial charge in [-0.1, -0.05) is 16.8 Å². The van der Waals surface area contributed by atoms with Crippen LogP contribution in [-0.2, 0) is 16.4 Å². The van der Waals surface area contributed by atoms with Crippen LogP contribution in [0.15, 0.2) is 34.0 Å². The van der Waals surface area contributed by atoms with Gasteiger partial charge in [0.2, 0.25) is 16.4 Å². The molecule has 1 heterocycles. The Morgan fingerprint density at radius 3 is 2.81 bits per heavy atom. The van der Waals surface area contributed by atoms with E-state index in [-0.39, 0.29) is 28.4 Å². The number of benzene rings is 1. The highest BCUT2D eigenvalue weighted by Gasteiger charge is 2.18. The summed E-state index contributed by atoms with van der Waals surface area (Å²) < 4.78 is 30.9. The molecule has 10 heteroatoms. The average Bonchev–Trinajstić information content (AvgIpc) is 2.91. The Kier molecular flexibility index (Phi) is 4.56. The first-order valence-corrected chi connectivity index (χ1v) is 7.54. The van der Waals surface area contributed by atoms with Gasteiger partial charge in [-0.2, -0.15) is 4.98 Å². The lowest BCUT2D eigenvalue weighted by atomic mass is 10.2. The van der Waals surface area contributed by atoms with E-state index in [0.717, 1.165) is 12.5 Å². The number of carboxylic acid groups (broad SMARTS) is 1. The van der Waals surface area contributed by atoms with Crippen molar-refractivity contribution in [3.63, 3.8) is 0 Å². The molecule has 8 nitrogen and oxygen atoms in total. The van der Waals surface area contributed by atoms with Crippen LogP contribution in [0.4, 0.5) is 0 Å². The van der Waals surface area contributed by atoms with Gasteiger partial charge in [-0.25, -0.2) is 17.9 Å². The van der Waals surface area contributed by atoms with Gasteiger partial charge in [-0.15, -0.1) is 0 Å². The van der Waals surface area contributed by atoms with E-state index in [1.165, 1.54) is 12.1 Å². The van der Waals surface area contributed by atoms with Crippen molar-refractivity contribution in [3.8, 4) is 0 Å². The van der Waals surface area contributed by atoms with E-state index in [2.05, 4.69) is 19.4 Å². The standard InChI is InChI=1S/C11H10ClN3O5S/c12-9-2-1-7(5-8(9)11(16)17)21(18,19)14-4-3-10-13-6-20-15-10/h1-2,5-6,14H,3-4H2,(H,16,17). The first-order chi connectivity index (χ1) is 9.90. The summed E-state index contributed by atoms with van der Waals surface area (Å²) in [7, 11) is -3.84. The third kappa shape index (κ3) is 3.78. The second-order valence-corrected chi connectivity index (χ2v) is 6.12. The maximum Gasteiger partial charge on any atom is 0.337 e. The molecule has 0 spiro atoms. The minimum atomic E-state index is -3.84. The van der Waals surface area contributed by atoms with Crippen LogP contribution in [0.2, 0.25) is 5.02 Å². The number of aromatic carboxylic acids is 1. The minimum absolute atomic E-state index is 0.0340. The topological polar surface area (TPSA) is 122 Å². The van der Waals surface area contributed by atoms with Crippen molar-refractivity contribution < 1.29 is 22.8 Å². The average molecular weight is 332 g/mol. The zero-order valence-corrected chi connectivity index (χ0v) is 12.1. The van der Waals surface area contributed by atoms with Gasteiger partial charge in [0.25, 0.3) is 0 Å². The molecule has 0 unspecified atom stereocenters. The van der Waals surface area contributed by atoms with E-state index in [4.69, 9.17) is 16.7 Å². The highest BCUT2D eigenvalue weighted by atomic mass is 35.5. The molecule has 0 fully saturated rings. The fourth-order valence-corrected chi connectivity index (χ4v) is 2.77. The van der Waals surface area contributed by atoms with Crippen LogP contribution >= 0.6 is 11.6 Å². The zero-order valence-electron chi connectivity index (χ0n) is 10.5. The maximum absolute atomic E-state index is 12.0. The number of nitrogens with one attached hydrogen (secondary N) is 1. The largest absolute Gasteiger partial charge is 0.478 e. The Morgan fingerprint density at radius 1 is 1.43 bits per heavy atom. The Bertz CT molecular complexity index is 745. The molecule has 112 valence electrons. The van der Waals surface area contributed by atoms with Crippen molar-refractivity contribution in [2.45, 2.75) is 11.3 Å². The van der Waals surface area contributed by atoms with Crippen LogP contribution in [0, 0.1) is 0 Å². The summed E-state index contributed by atoms with van der Waals surface area (Å²) in [6.45, 7) is 0.0485. The van der Waals surface area contributed by atoms with Crippen LogP contribution in [-0.4, -0.2) is 36.2 Å². The number of carbonyl (C=O) groups is 1. The molecule has 0 bridgehead atoms. The van der Waals surface area contributed by atoms with Crippen LogP contribution < -0.4 is 4.72 Å². The van der Waals surface area contributed by atoms with Crippen molar-refractivity contribution in [1.29, 1.82) is 0 Å². The molecule has 2 aromatic rings. The first kappa shape index (κ1) is 15.4. The number of hydrogen-bond donors (Lipinski definition) is 2. The molecule has 0 aliphatic rings. The van der Waals surface area contributed by atoms with E-state index in [0.29, 0.717) is 5.82 Å². The fraction of sp³-hybridized carbons (Fsp3) is 0.182. The molecule has 0 aliphatic heterocycles. The van der Waals surface area contributed by atoms with E-state index in [9.17, 15) is 13.2 Å². The lowest BCUT2D eigenvalue weighted by Gasteiger charge is -2.07. The molecule has 0 atom stereocenters. The van der Waals surface area contributed by atoms with Crippen molar-refractivity contribution in [2.75, 3.05) is 6.54 Å². The van der Waals surface area contributed by atoms with E-state index in [1.54, 1.807) is 0 Å². The minimum Gasteiger partial charge on any atom is -0.478 e. The summed E-state index contributed by atoms with van der Waals surface area (Å²) >= 11 is 5.69. The lowest BCUT2D eigenvalue weighted by molar-refractivity contribution is 0.0697. The summed E-state index contributed by atoms with van der Waals surface area (Å²) in [6.07, 6.45) is 1.39. The number of nitrogens with zero attached hydrogens (tertiary/aromatic N) is 2. The molecule has 2 N–H and O–H groups in total. The van der Waals surface area contributed by atoms with Gasteiger partial charge >= 0.3 is 5.97 Å². The van der Waals surface area contributed by atoms with Crippen molar-refractivity contribution >= 4 is 27.6 Å². The third-order valence-corrected chi connectivity index (χ3v) is 4.31. The molecule has 1 aromatic heterocycles. The Balaban J connectivity index is 2.12. The predicted octanol–water partition coefficient (Wildman–Crippen LogP) is 0.942. The van der Waals surface area contributed by atoms with Gasteiger partial charge in [0.1, 0.15) is 0 Å². The molecule has 0 aliphatic carbocycles. The molecule has 1 aromatic carbocycles. The molecule has 21 heavy (non-hydrogen) atoms. The van der Waals surface area contributed by atoms with Gasteiger partial charge < -0.3 is 9.63 Å². The third-order valence-electron chi connectivity index (χ3n) is 2.53. The molecular weight excluding hydrogens is 322 g/mol. The first-order valence-electron chi connectivity index (χ1n) is 5.68. The van der Waals surface area contributed by atoms with Gasteiger partial charge in [-0.3, -0.25) is 0 Å². The summed E-state index contributed by atoms with van der Waals surface area (Å²) in [6, 6.07) is 3.45. The second kappa shape index (κ2) is 6.20. The van der Waals surface area contributed by atoms with E-state index >= 15 is 0 Å². The SMILES string of the molecule is O=C(O)c1cc(S(=O)(=O)NCCc2ncon2)ccc1Cl. The molecule has 0 saturated heterocycles. The number of hydrogen-bond acceptors (Lipinski definition) is 6. The van der Waals surface area contributed by atoms with Crippen LogP contribution in [0.5, 0.6) is 0 Å². The van der Waals surface area contributed by atoms with E-state index in [1.807, 2.05) is 0 Å². The highest BCUT2D eigenvalue weighted by molar-refractivity contribution is 7.89. The summed E-state index contributed by atoms with van der Waals surface area (Å²) in [5.41, 5.74) is -0.280. The predicted molar refractivity (Wildman–Crippen MR) is 71.6 cm³/mol. The van der Waals surface area contributed by atoms with Crippen LogP contribution in [0.3, 0.4) is 0 Å². The van der Waals surface area contributed by atoms with Crippen LogP contribution in [0.1, 0.15) is 16.2 Å². The van der Waals surface area contributed by atoms with Crippen LogP contribution in [0.25, 0.3) is 0 Å². The Labute approximate surface area is 124 Å². The monoisotopic (exact) mass is 331 g/mol. The van der Waals surface area contributed by atoms with Crippen molar-refractivity contribution in [1.82, 2.24) is 14.9 Å². The van der Waals surface area contributed by atoms with Crippen molar-refractivity contribution in [2.24, 2.45) is 0 Å². The number of aromatic nitrogens is 2. The Hall–Kier alpha value is -1.97. The van der Waals surface area contributed by atoms with Crippen molar-refractivity contribution in [3.05, 3.63) is 41.0 Å². The second-order valence-electron chi connectivity index (χ2n) is 3.94. The zero-order chi connectivity index (χ0) is 15.5. The number of halogens is 1. The van der Waals surface area contributed by atoms with Gasteiger partial charge in [0.05, 0.1) is 15.5 Å². The number of carboxylic acids is 1. The van der Waals surface area contributed by atoms with Gasteiger partial charge in [-0.05, 0) is 18.2 Å². The molecule has 0 amide bonds. The quantitative estimate of drug-likeness (QED) is 0.807. The van der Waals surface area contributed by atoms with E-state index < -0.39 is 16.0 Å². The molecule has 0 saturated carbocycles. The summed E-state index contributed by atoms with van der Waals surface area (Å²) in [5.74, 6) is -0.941. The normalized spacial score (nSPS) is 11.5.